The Hall–Kier alpha value is -0.520. The van der Waals surface area contributed by atoms with Crippen LogP contribution in [0.15, 0.2) is 23.3 Å². The van der Waals surface area contributed by atoms with E-state index in [1.165, 1.54) is 19.3 Å². The fraction of sp³-hybridized carbons (Fsp3) is 0.667. The van der Waals surface area contributed by atoms with E-state index in [4.69, 9.17) is 0 Å². The summed E-state index contributed by atoms with van der Waals surface area (Å²) in [5, 5.41) is 0. The molecule has 3 aliphatic carbocycles. The van der Waals surface area contributed by atoms with Crippen molar-refractivity contribution in [2.24, 2.45) is 17.3 Å². The largest absolute Gasteiger partial charge is 0.0878 e. The molecule has 0 saturated heterocycles. The number of hydrogen-bond acceptors (Lipinski definition) is 0. The smallest absolute Gasteiger partial charge is 0.00116 e. The maximum absolute atomic E-state index is 2.56. The molecule has 1 spiro atoms. The first kappa shape index (κ1) is 6.94. The Kier molecular flexibility index (Phi) is 1.08. The zero-order valence-corrected chi connectivity index (χ0v) is 7.93. The lowest BCUT2D eigenvalue weighted by atomic mass is 9.58. The second kappa shape index (κ2) is 1.86. The van der Waals surface area contributed by atoms with Crippen LogP contribution in [0.1, 0.15) is 33.1 Å². The monoisotopic (exact) mass is 160 g/mol. The predicted molar refractivity (Wildman–Crippen MR) is 50.8 cm³/mol. The molecule has 0 aromatic rings. The van der Waals surface area contributed by atoms with Crippen LogP contribution >= 0.6 is 0 Å². The zero-order chi connectivity index (χ0) is 8.34. The van der Waals surface area contributed by atoms with Crippen molar-refractivity contribution in [2.75, 3.05) is 0 Å². The average molecular weight is 160 g/mol. The van der Waals surface area contributed by atoms with E-state index in [1.54, 1.807) is 11.1 Å². The topological polar surface area (TPSA) is 0 Å². The first-order chi connectivity index (χ1) is 5.75. The SMILES string of the molecule is CC=C1CC23CC(C)C2=CC1C3. The fourth-order valence-corrected chi connectivity index (χ4v) is 3.77. The second-order valence-corrected chi connectivity index (χ2v) is 4.86. The quantitative estimate of drug-likeness (QED) is 0.477. The lowest BCUT2D eigenvalue weighted by Crippen LogP contribution is -2.35. The van der Waals surface area contributed by atoms with Crippen LogP contribution in [0.5, 0.6) is 0 Å². The highest BCUT2D eigenvalue weighted by molar-refractivity contribution is 5.44. The lowest BCUT2D eigenvalue weighted by Gasteiger charge is -2.46. The van der Waals surface area contributed by atoms with Crippen molar-refractivity contribution in [1.29, 1.82) is 0 Å². The third-order valence-corrected chi connectivity index (χ3v) is 4.22. The minimum atomic E-state index is 0.686. The van der Waals surface area contributed by atoms with Gasteiger partial charge in [-0.2, -0.15) is 0 Å². The maximum atomic E-state index is 2.56. The summed E-state index contributed by atoms with van der Waals surface area (Å²) in [5.41, 5.74) is 4.20. The molecule has 0 aromatic carbocycles. The molecule has 2 fully saturated rings. The summed E-state index contributed by atoms with van der Waals surface area (Å²) in [6.07, 6.45) is 9.21. The summed E-state index contributed by atoms with van der Waals surface area (Å²) in [7, 11) is 0. The Morgan fingerprint density at radius 3 is 2.92 bits per heavy atom. The van der Waals surface area contributed by atoms with E-state index in [0.717, 1.165) is 11.8 Å². The van der Waals surface area contributed by atoms with E-state index in [2.05, 4.69) is 26.0 Å². The Balaban J connectivity index is 2.04. The third-order valence-electron chi connectivity index (χ3n) is 4.22. The molecule has 0 heterocycles. The summed E-state index contributed by atoms with van der Waals surface area (Å²) < 4.78 is 0. The van der Waals surface area contributed by atoms with E-state index >= 15 is 0 Å². The number of rotatable bonds is 0. The van der Waals surface area contributed by atoms with E-state index in [9.17, 15) is 0 Å². The molecule has 0 nitrogen and oxygen atoms in total. The Morgan fingerprint density at radius 2 is 2.33 bits per heavy atom. The Bertz CT molecular complexity index is 295. The molecule has 3 rings (SSSR count). The van der Waals surface area contributed by atoms with Crippen LogP contribution < -0.4 is 0 Å². The molecule has 64 valence electrons. The van der Waals surface area contributed by atoms with Gasteiger partial charge in [0.1, 0.15) is 0 Å². The van der Waals surface area contributed by atoms with Crippen molar-refractivity contribution in [1.82, 2.24) is 0 Å². The third kappa shape index (κ3) is 0.573. The molecule has 3 unspecified atom stereocenters. The van der Waals surface area contributed by atoms with Crippen molar-refractivity contribution < 1.29 is 0 Å². The molecule has 3 atom stereocenters. The standard InChI is InChI=1S/C12H16/c1-3-9-6-12-5-8(2)11(12)4-10(9)7-12/h3-4,8,10H,5-7H2,1-2H3. The van der Waals surface area contributed by atoms with E-state index < -0.39 is 0 Å². The van der Waals surface area contributed by atoms with Gasteiger partial charge in [-0.25, -0.2) is 0 Å². The second-order valence-electron chi connectivity index (χ2n) is 4.86. The van der Waals surface area contributed by atoms with Gasteiger partial charge in [-0.3, -0.25) is 0 Å². The van der Waals surface area contributed by atoms with Crippen molar-refractivity contribution in [2.45, 2.75) is 33.1 Å². The summed E-state index contributed by atoms with van der Waals surface area (Å²) >= 11 is 0. The van der Waals surface area contributed by atoms with Gasteiger partial charge < -0.3 is 0 Å². The molecule has 12 heavy (non-hydrogen) atoms. The van der Waals surface area contributed by atoms with Gasteiger partial charge in [0, 0.05) is 0 Å². The minimum Gasteiger partial charge on any atom is -0.0878 e. The normalized spacial score (nSPS) is 52.2. The Morgan fingerprint density at radius 1 is 1.50 bits per heavy atom. The molecule has 2 saturated carbocycles. The maximum Gasteiger partial charge on any atom is -0.00116 e. The molecule has 3 aliphatic rings. The van der Waals surface area contributed by atoms with Gasteiger partial charge in [0.2, 0.25) is 0 Å². The molecule has 0 heteroatoms. The fourth-order valence-electron chi connectivity index (χ4n) is 3.77. The van der Waals surface area contributed by atoms with Gasteiger partial charge in [-0.05, 0) is 43.4 Å². The molecule has 0 aliphatic heterocycles. The van der Waals surface area contributed by atoms with Crippen LogP contribution in [0.3, 0.4) is 0 Å². The molecular weight excluding hydrogens is 144 g/mol. The molecule has 0 amide bonds. The van der Waals surface area contributed by atoms with Crippen LogP contribution in [0.4, 0.5) is 0 Å². The highest BCUT2D eigenvalue weighted by atomic mass is 14.6. The van der Waals surface area contributed by atoms with E-state index in [1.807, 2.05) is 0 Å². The van der Waals surface area contributed by atoms with Crippen LogP contribution in [-0.4, -0.2) is 0 Å². The lowest BCUT2D eigenvalue weighted by molar-refractivity contribution is 0.196. The highest BCUT2D eigenvalue weighted by Gasteiger charge is 2.56. The van der Waals surface area contributed by atoms with Gasteiger partial charge in [-0.15, -0.1) is 0 Å². The zero-order valence-electron chi connectivity index (χ0n) is 7.93. The average Bonchev–Trinajstić information content (AvgIpc) is 2.54. The van der Waals surface area contributed by atoms with Gasteiger partial charge in [0.05, 0.1) is 0 Å². The first-order valence-corrected chi connectivity index (χ1v) is 5.12. The van der Waals surface area contributed by atoms with Crippen LogP contribution in [0.25, 0.3) is 0 Å². The number of allylic oxidation sites excluding steroid dienone is 4. The van der Waals surface area contributed by atoms with Gasteiger partial charge in [-0.1, -0.05) is 30.2 Å². The summed E-state index contributed by atoms with van der Waals surface area (Å²) in [4.78, 5) is 0. The van der Waals surface area contributed by atoms with Crippen LogP contribution in [-0.2, 0) is 0 Å². The van der Waals surface area contributed by atoms with Crippen LogP contribution in [0, 0.1) is 17.3 Å². The Labute approximate surface area is 74.4 Å². The van der Waals surface area contributed by atoms with Crippen LogP contribution in [0.2, 0.25) is 0 Å². The predicted octanol–water partition coefficient (Wildman–Crippen LogP) is 3.31. The molecule has 0 N–H and O–H groups in total. The molecular formula is C12H16. The minimum absolute atomic E-state index is 0.686. The van der Waals surface area contributed by atoms with Gasteiger partial charge in [0.25, 0.3) is 0 Å². The molecule has 2 bridgehead atoms. The number of hydrogen-bond donors (Lipinski definition) is 0. The first-order valence-electron chi connectivity index (χ1n) is 5.12. The summed E-state index contributed by atoms with van der Waals surface area (Å²) in [6, 6.07) is 0. The van der Waals surface area contributed by atoms with E-state index in [-0.39, 0.29) is 0 Å². The van der Waals surface area contributed by atoms with Gasteiger partial charge in [0.15, 0.2) is 0 Å². The summed E-state index contributed by atoms with van der Waals surface area (Å²) in [6.45, 7) is 4.58. The van der Waals surface area contributed by atoms with Crippen molar-refractivity contribution in [3.8, 4) is 0 Å². The number of fused-ring (bicyclic) bond motifs is 1. The van der Waals surface area contributed by atoms with Crippen molar-refractivity contribution in [3.63, 3.8) is 0 Å². The van der Waals surface area contributed by atoms with Gasteiger partial charge >= 0.3 is 0 Å². The van der Waals surface area contributed by atoms with Crippen molar-refractivity contribution in [3.05, 3.63) is 23.3 Å². The molecule has 0 radical (unpaired) electrons. The highest BCUT2D eigenvalue weighted by Crippen LogP contribution is 2.67. The van der Waals surface area contributed by atoms with E-state index in [0.29, 0.717) is 5.41 Å². The molecule has 0 aromatic heterocycles. The van der Waals surface area contributed by atoms with Crippen molar-refractivity contribution >= 4 is 0 Å². The summed E-state index contributed by atoms with van der Waals surface area (Å²) in [5.74, 6) is 1.75.